The van der Waals surface area contributed by atoms with Crippen LogP contribution in [0, 0.1) is 5.82 Å². The van der Waals surface area contributed by atoms with Gasteiger partial charge in [0.05, 0.1) is 35.4 Å². The molecule has 0 radical (unpaired) electrons. The summed E-state index contributed by atoms with van der Waals surface area (Å²) >= 11 is 0. The second kappa shape index (κ2) is 12.8. The Morgan fingerprint density at radius 2 is 1.82 bits per heavy atom. The molecule has 2 aromatic rings. The van der Waals surface area contributed by atoms with Gasteiger partial charge in [0.25, 0.3) is 0 Å². The number of hydrogen-bond acceptors (Lipinski definition) is 8. The van der Waals surface area contributed by atoms with E-state index in [1.54, 1.807) is 20.8 Å². The van der Waals surface area contributed by atoms with Crippen molar-refractivity contribution in [3.8, 4) is 0 Å². The molecule has 1 aromatic carbocycles. The van der Waals surface area contributed by atoms with Crippen LogP contribution >= 0.6 is 0 Å². The average molecular weight is 584 g/mol. The number of aromatic nitrogens is 2. The number of nitrogens with one attached hydrogen (secondary N) is 3. The quantitative estimate of drug-likeness (QED) is 0.291. The molecule has 0 saturated heterocycles. The third-order valence-electron chi connectivity index (χ3n) is 6.16. The van der Waals surface area contributed by atoms with E-state index in [9.17, 15) is 22.7 Å². The van der Waals surface area contributed by atoms with Crippen LogP contribution in [-0.2, 0) is 25.0 Å². The van der Waals surface area contributed by atoms with Crippen LogP contribution < -0.4 is 15.4 Å². The molecule has 1 amide bonds. The number of aliphatic hydroxyl groups excluding tert-OH is 1. The van der Waals surface area contributed by atoms with E-state index in [-0.39, 0.29) is 54.4 Å². The number of anilines is 2. The molecular formula is C27H42FN5O6S. The van der Waals surface area contributed by atoms with Crippen LogP contribution in [0.3, 0.4) is 0 Å². The summed E-state index contributed by atoms with van der Waals surface area (Å²) in [6, 6.07) is 5.49. The van der Waals surface area contributed by atoms with Gasteiger partial charge in [0.15, 0.2) is 5.82 Å². The average Bonchev–Trinajstić information content (AvgIpc) is 3.44. The molecule has 0 unspecified atom stereocenters. The fraction of sp³-hybridized carbons (Fsp3) is 0.630. The molecule has 0 aliphatic heterocycles. The van der Waals surface area contributed by atoms with Crippen LogP contribution in [0.4, 0.5) is 20.7 Å². The number of aliphatic hydroxyl groups is 1. The highest BCUT2D eigenvalue weighted by Crippen LogP contribution is 2.38. The highest BCUT2D eigenvalue weighted by atomic mass is 32.2. The highest BCUT2D eigenvalue weighted by Gasteiger charge is 2.31. The smallest absolute Gasteiger partial charge is 0.407 e. The lowest BCUT2D eigenvalue weighted by atomic mass is 10.0. The molecule has 1 aromatic heterocycles. The van der Waals surface area contributed by atoms with Crippen LogP contribution in [0.15, 0.2) is 29.2 Å². The largest absolute Gasteiger partial charge is 0.444 e. The Labute approximate surface area is 235 Å². The van der Waals surface area contributed by atoms with Crippen LogP contribution in [-0.4, -0.2) is 67.4 Å². The highest BCUT2D eigenvalue weighted by molar-refractivity contribution is 7.89. The van der Waals surface area contributed by atoms with Gasteiger partial charge in [0.1, 0.15) is 11.4 Å². The predicted molar refractivity (Wildman–Crippen MR) is 150 cm³/mol. The van der Waals surface area contributed by atoms with E-state index >= 15 is 0 Å². The minimum Gasteiger partial charge on any atom is -0.444 e. The Morgan fingerprint density at radius 1 is 1.12 bits per heavy atom. The first kappa shape index (κ1) is 31.8. The molecule has 0 bridgehead atoms. The molecule has 40 heavy (non-hydrogen) atoms. The summed E-state index contributed by atoms with van der Waals surface area (Å²) < 4.78 is 54.9. The first-order valence-corrected chi connectivity index (χ1v) is 14.9. The molecule has 1 saturated carbocycles. The van der Waals surface area contributed by atoms with Crippen molar-refractivity contribution in [2.24, 2.45) is 0 Å². The Hall–Kier alpha value is -2.74. The minimum absolute atomic E-state index is 0.0285. The molecule has 1 fully saturated rings. The predicted octanol–water partition coefficient (Wildman–Crippen LogP) is 3.97. The van der Waals surface area contributed by atoms with Crippen LogP contribution in [0.1, 0.15) is 72.4 Å². The maximum Gasteiger partial charge on any atom is 0.407 e. The lowest BCUT2D eigenvalue weighted by Gasteiger charge is -2.24. The summed E-state index contributed by atoms with van der Waals surface area (Å²) in [7, 11) is -3.97. The normalized spacial score (nSPS) is 18.1. The minimum atomic E-state index is -3.97. The van der Waals surface area contributed by atoms with Gasteiger partial charge >= 0.3 is 6.09 Å². The van der Waals surface area contributed by atoms with Crippen LogP contribution in [0.2, 0.25) is 0 Å². The maximum atomic E-state index is 15.0. The van der Waals surface area contributed by atoms with E-state index in [2.05, 4.69) is 20.5 Å². The van der Waals surface area contributed by atoms with Gasteiger partial charge in [0.2, 0.25) is 10.0 Å². The molecule has 2 atom stereocenters. The lowest BCUT2D eigenvalue weighted by Crippen LogP contribution is -2.34. The van der Waals surface area contributed by atoms with Crippen LogP contribution in [0.25, 0.3) is 0 Å². The Morgan fingerprint density at radius 3 is 2.42 bits per heavy atom. The summed E-state index contributed by atoms with van der Waals surface area (Å²) in [6.07, 6.45) is 1.35. The Bertz CT molecular complexity index is 1270. The number of amides is 1. The zero-order valence-electron chi connectivity index (χ0n) is 24.1. The fourth-order valence-corrected chi connectivity index (χ4v) is 5.41. The summed E-state index contributed by atoms with van der Waals surface area (Å²) in [5, 5.41) is 20.1. The van der Waals surface area contributed by atoms with Crippen LogP contribution in [0.5, 0.6) is 0 Å². The summed E-state index contributed by atoms with van der Waals surface area (Å²) in [4.78, 5) is 11.4. The summed E-state index contributed by atoms with van der Waals surface area (Å²) in [5.41, 5.74) is 0.147. The molecule has 1 heterocycles. The zero-order valence-corrected chi connectivity index (χ0v) is 24.9. The number of sulfonamides is 1. The van der Waals surface area contributed by atoms with E-state index in [1.807, 2.05) is 31.5 Å². The maximum absolute atomic E-state index is 15.0. The van der Waals surface area contributed by atoms with Gasteiger partial charge in [-0.15, -0.1) is 0 Å². The second-order valence-corrected chi connectivity index (χ2v) is 13.7. The third kappa shape index (κ3) is 9.15. The number of nitrogens with zero attached hydrogens (tertiary/aromatic N) is 2. The molecule has 0 spiro atoms. The van der Waals surface area contributed by atoms with Gasteiger partial charge in [-0.05, 0) is 79.0 Å². The van der Waals surface area contributed by atoms with Gasteiger partial charge < -0.3 is 25.2 Å². The van der Waals surface area contributed by atoms with E-state index in [0.717, 1.165) is 24.6 Å². The molecule has 1 aliphatic carbocycles. The van der Waals surface area contributed by atoms with Crippen molar-refractivity contribution in [1.82, 2.24) is 19.8 Å². The molecule has 1 aliphatic rings. The van der Waals surface area contributed by atoms with Gasteiger partial charge in [-0.1, -0.05) is 0 Å². The fourth-order valence-electron chi connectivity index (χ4n) is 4.39. The molecular weight excluding hydrogens is 541 g/mol. The van der Waals surface area contributed by atoms with Crippen molar-refractivity contribution in [2.75, 3.05) is 31.6 Å². The van der Waals surface area contributed by atoms with Crippen molar-refractivity contribution in [3.63, 3.8) is 0 Å². The van der Waals surface area contributed by atoms with Crippen molar-refractivity contribution in [3.05, 3.63) is 35.8 Å². The Balaban J connectivity index is 1.54. The number of alkyl carbamates (subject to hydrolysis) is 1. The number of rotatable bonds is 11. The third-order valence-corrected chi connectivity index (χ3v) is 7.62. The zero-order chi connectivity index (χ0) is 29.7. The van der Waals surface area contributed by atoms with Gasteiger partial charge in [-0.3, -0.25) is 4.68 Å². The number of halogens is 1. The molecule has 4 N–H and O–H groups in total. The first-order valence-electron chi connectivity index (χ1n) is 13.4. The van der Waals surface area contributed by atoms with E-state index in [1.165, 1.54) is 12.1 Å². The monoisotopic (exact) mass is 583 g/mol. The number of benzene rings is 1. The number of carbonyl (C=O) groups is 1. The van der Waals surface area contributed by atoms with Gasteiger partial charge in [0, 0.05) is 30.8 Å². The first-order chi connectivity index (χ1) is 18.5. The van der Waals surface area contributed by atoms with E-state index in [4.69, 9.17) is 9.47 Å². The second-order valence-electron chi connectivity index (χ2n) is 11.9. The molecule has 11 nitrogen and oxygen atoms in total. The van der Waals surface area contributed by atoms with Crippen molar-refractivity contribution in [1.29, 1.82) is 0 Å². The number of hydrogen-bond donors (Lipinski definition) is 4. The molecule has 224 valence electrons. The van der Waals surface area contributed by atoms with Gasteiger partial charge in [-0.25, -0.2) is 22.3 Å². The molecule has 13 heteroatoms. The van der Waals surface area contributed by atoms with Gasteiger partial charge in [-0.2, -0.15) is 5.10 Å². The standard InChI is InChI=1S/C27H42FN5O6S/c1-26(2,3)33-23(18-7-8-19(34)15-18)17-24(32-33)31-22-10-9-20(16-21(22)28)40(36,37)30-12-14-38-13-11-29-25(35)39-27(4,5)6/h9-10,16-19,30,34H,7-8,11-15H2,1-6H3,(H,29,35)(H,31,32)/t18-,19+/m0/s1. The molecule has 3 rings (SSSR count). The van der Waals surface area contributed by atoms with E-state index in [0.29, 0.717) is 12.2 Å². The lowest BCUT2D eigenvalue weighted by molar-refractivity contribution is 0.0501. The van der Waals surface area contributed by atoms with E-state index < -0.39 is 27.5 Å². The van der Waals surface area contributed by atoms with Crippen molar-refractivity contribution in [2.45, 2.75) is 88.9 Å². The van der Waals surface area contributed by atoms with Crippen molar-refractivity contribution >= 4 is 27.6 Å². The van der Waals surface area contributed by atoms with Crippen molar-refractivity contribution < 1.29 is 32.2 Å². The number of ether oxygens (including phenoxy) is 2. The Kier molecular flexibility index (Phi) is 10.2. The SMILES string of the molecule is CC(C)(C)OC(=O)NCCOCCNS(=O)(=O)c1ccc(Nc2cc([C@H]3CC[C@@H](O)C3)n(C(C)(C)C)n2)c(F)c1. The topological polar surface area (TPSA) is 144 Å². The number of carbonyl (C=O) groups excluding carboxylic acids is 1. The summed E-state index contributed by atoms with van der Waals surface area (Å²) in [5.74, 6) is -0.140. The summed E-state index contributed by atoms with van der Waals surface area (Å²) in [6.45, 7) is 11.8.